The number of hydrogen-bond donors (Lipinski definition) is 1. The minimum Gasteiger partial charge on any atom is -0.310 e. The Balaban J connectivity index is 1.67. The largest absolute Gasteiger partial charge is 0.310 e. The zero-order chi connectivity index (χ0) is 12.6. The summed E-state index contributed by atoms with van der Waals surface area (Å²) in [5.41, 5.74) is 1.66. The predicted molar refractivity (Wildman–Crippen MR) is 72.2 cm³/mol. The Kier molecular flexibility index (Phi) is 3.16. The molecule has 0 bridgehead atoms. The highest BCUT2D eigenvalue weighted by Crippen LogP contribution is 2.40. The molecular weight excluding hydrogens is 224 g/mol. The van der Waals surface area contributed by atoms with Crippen molar-refractivity contribution in [1.82, 2.24) is 20.0 Å². The van der Waals surface area contributed by atoms with E-state index in [4.69, 9.17) is 0 Å². The molecule has 100 valence electrons. The maximum atomic E-state index is 4.26. The smallest absolute Gasteiger partial charge is 0.0534 e. The standard InChI is InChI=1S/C14H24N4/c1-14(13-4-5-13)11-18(7-3-6-15-14)10-12-8-16-17(2)9-12/h8-9,13,15H,3-7,10-11H2,1-2H3. The van der Waals surface area contributed by atoms with Gasteiger partial charge in [0.1, 0.15) is 0 Å². The quantitative estimate of drug-likeness (QED) is 0.877. The van der Waals surface area contributed by atoms with E-state index >= 15 is 0 Å². The maximum Gasteiger partial charge on any atom is 0.0534 e. The van der Waals surface area contributed by atoms with Crippen LogP contribution in [0.3, 0.4) is 0 Å². The van der Waals surface area contributed by atoms with Crippen molar-refractivity contribution >= 4 is 0 Å². The van der Waals surface area contributed by atoms with E-state index in [9.17, 15) is 0 Å². The first-order valence-electron chi connectivity index (χ1n) is 7.11. The minimum absolute atomic E-state index is 0.332. The second-order valence-corrected chi connectivity index (χ2v) is 6.20. The molecule has 0 radical (unpaired) electrons. The van der Waals surface area contributed by atoms with Crippen molar-refractivity contribution in [1.29, 1.82) is 0 Å². The van der Waals surface area contributed by atoms with Crippen LogP contribution in [0.25, 0.3) is 0 Å². The van der Waals surface area contributed by atoms with Gasteiger partial charge in [-0.05, 0) is 45.2 Å². The third-order valence-corrected chi connectivity index (χ3v) is 4.37. The van der Waals surface area contributed by atoms with Crippen molar-refractivity contribution in [2.45, 2.75) is 38.3 Å². The Bertz CT molecular complexity index is 410. The minimum atomic E-state index is 0.332. The van der Waals surface area contributed by atoms with Crippen LogP contribution in [0.1, 0.15) is 31.7 Å². The lowest BCUT2D eigenvalue weighted by Gasteiger charge is -2.33. The van der Waals surface area contributed by atoms with Gasteiger partial charge in [0.05, 0.1) is 6.20 Å². The van der Waals surface area contributed by atoms with Crippen LogP contribution in [0.2, 0.25) is 0 Å². The van der Waals surface area contributed by atoms with Crippen LogP contribution >= 0.6 is 0 Å². The number of rotatable bonds is 3. The van der Waals surface area contributed by atoms with Gasteiger partial charge >= 0.3 is 0 Å². The first kappa shape index (κ1) is 12.2. The molecule has 4 heteroatoms. The zero-order valence-electron chi connectivity index (χ0n) is 11.5. The summed E-state index contributed by atoms with van der Waals surface area (Å²) in [7, 11) is 1.99. The van der Waals surface area contributed by atoms with Crippen molar-refractivity contribution in [2.24, 2.45) is 13.0 Å². The molecule has 0 spiro atoms. The Morgan fingerprint density at radius 2 is 2.33 bits per heavy atom. The van der Waals surface area contributed by atoms with Crippen LogP contribution in [0.5, 0.6) is 0 Å². The molecule has 3 rings (SSSR count). The van der Waals surface area contributed by atoms with Crippen LogP contribution in [0, 0.1) is 5.92 Å². The monoisotopic (exact) mass is 248 g/mol. The molecule has 2 fully saturated rings. The molecular formula is C14H24N4. The number of aryl methyl sites for hydroxylation is 1. The lowest BCUT2D eigenvalue weighted by molar-refractivity contribution is 0.195. The van der Waals surface area contributed by atoms with Crippen molar-refractivity contribution in [2.75, 3.05) is 19.6 Å². The highest BCUT2D eigenvalue weighted by atomic mass is 15.2. The van der Waals surface area contributed by atoms with Gasteiger partial charge in [0.2, 0.25) is 0 Å². The van der Waals surface area contributed by atoms with Gasteiger partial charge in [0.25, 0.3) is 0 Å². The highest BCUT2D eigenvalue weighted by Gasteiger charge is 2.42. The van der Waals surface area contributed by atoms with E-state index in [1.807, 2.05) is 17.9 Å². The molecule has 18 heavy (non-hydrogen) atoms. The molecule has 1 aromatic heterocycles. The second kappa shape index (κ2) is 4.67. The molecule has 1 saturated carbocycles. The molecule has 1 saturated heterocycles. The first-order chi connectivity index (χ1) is 8.66. The predicted octanol–water partition coefficient (Wildman–Crippen LogP) is 1.38. The zero-order valence-corrected chi connectivity index (χ0v) is 11.5. The van der Waals surface area contributed by atoms with Crippen LogP contribution in [0.15, 0.2) is 12.4 Å². The second-order valence-electron chi connectivity index (χ2n) is 6.20. The summed E-state index contributed by atoms with van der Waals surface area (Å²) >= 11 is 0. The topological polar surface area (TPSA) is 33.1 Å². The van der Waals surface area contributed by atoms with Gasteiger partial charge < -0.3 is 5.32 Å². The molecule has 2 aliphatic rings. The summed E-state index contributed by atoms with van der Waals surface area (Å²) in [6, 6.07) is 0. The van der Waals surface area contributed by atoms with Gasteiger partial charge in [-0.15, -0.1) is 0 Å². The molecule has 4 nitrogen and oxygen atoms in total. The third kappa shape index (κ3) is 2.59. The van der Waals surface area contributed by atoms with E-state index in [0.29, 0.717) is 5.54 Å². The fourth-order valence-corrected chi connectivity index (χ4v) is 3.22. The van der Waals surface area contributed by atoms with Gasteiger partial charge in [0.15, 0.2) is 0 Å². The van der Waals surface area contributed by atoms with Crippen LogP contribution < -0.4 is 5.32 Å². The van der Waals surface area contributed by atoms with E-state index < -0.39 is 0 Å². The molecule has 1 atom stereocenters. The average Bonchev–Trinajstić information content (AvgIpc) is 3.11. The van der Waals surface area contributed by atoms with Gasteiger partial charge in [0, 0.05) is 37.4 Å². The van der Waals surface area contributed by atoms with E-state index in [1.54, 1.807) is 0 Å². The van der Waals surface area contributed by atoms with Crippen molar-refractivity contribution in [3.8, 4) is 0 Å². The molecule has 1 unspecified atom stereocenters. The summed E-state index contributed by atoms with van der Waals surface area (Å²) in [5.74, 6) is 0.895. The number of hydrogen-bond acceptors (Lipinski definition) is 3. The SMILES string of the molecule is Cn1cc(CN2CCCNC(C)(C3CC3)C2)cn1. The average molecular weight is 248 g/mol. The Morgan fingerprint density at radius 3 is 3.00 bits per heavy atom. The van der Waals surface area contributed by atoms with Gasteiger partial charge in [-0.2, -0.15) is 5.10 Å². The van der Waals surface area contributed by atoms with E-state index in [0.717, 1.165) is 19.0 Å². The maximum absolute atomic E-state index is 4.26. The Labute approximate surface area is 109 Å². The van der Waals surface area contributed by atoms with Crippen molar-refractivity contribution in [3.05, 3.63) is 18.0 Å². The van der Waals surface area contributed by atoms with Crippen LogP contribution in [-0.4, -0.2) is 39.9 Å². The van der Waals surface area contributed by atoms with Crippen LogP contribution in [-0.2, 0) is 13.6 Å². The molecule has 1 aliphatic heterocycles. The molecule has 1 N–H and O–H groups in total. The molecule has 0 amide bonds. The van der Waals surface area contributed by atoms with Gasteiger partial charge in [-0.25, -0.2) is 0 Å². The summed E-state index contributed by atoms with van der Waals surface area (Å²) in [4.78, 5) is 2.59. The van der Waals surface area contributed by atoms with Crippen molar-refractivity contribution < 1.29 is 0 Å². The fourth-order valence-electron chi connectivity index (χ4n) is 3.22. The van der Waals surface area contributed by atoms with E-state index in [-0.39, 0.29) is 0 Å². The van der Waals surface area contributed by atoms with Crippen molar-refractivity contribution in [3.63, 3.8) is 0 Å². The molecule has 2 heterocycles. The number of aromatic nitrogens is 2. The summed E-state index contributed by atoms with van der Waals surface area (Å²) in [6.07, 6.45) is 8.19. The fraction of sp³-hybridized carbons (Fsp3) is 0.786. The first-order valence-corrected chi connectivity index (χ1v) is 7.11. The van der Waals surface area contributed by atoms with E-state index in [1.165, 1.54) is 37.9 Å². The van der Waals surface area contributed by atoms with Gasteiger partial charge in [-0.1, -0.05) is 0 Å². The number of nitrogens with zero attached hydrogens (tertiary/aromatic N) is 3. The third-order valence-electron chi connectivity index (χ3n) is 4.37. The Morgan fingerprint density at radius 1 is 1.50 bits per heavy atom. The normalized spacial score (nSPS) is 30.3. The highest BCUT2D eigenvalue weighted by molar-refractivity contribution is 5.06. The number of nitrogens with one attached hydrogen (secondary N) is 1. The lowest BCUT2D eigenvalue weighted by atomic mass is 9.95. The summed E-state index contributed by atoms with van der Waals surface area (Å²) in [5, 5.41) is 8.04. The lowest BCUT2D eigenvalue weighted by Crippen LogP contribution is -2.50. The molecule has 0 aromatic carbocycles. The van der Waals surface area contributed by atoms with Gasteiger partial charge in [-0.3, -0.25) is 9.58 Å². The Hall–Kier alpha value is -0.870. The van der Waals surface area contributed by atoms with E-state index in [2.05, 4.69) is 28.4 Å². The summed E-state index contributed by atoms with van der Waals surface area (Å²) < 4.78 is 1.89. The summed E-state index contributed by atoms with van der Waals surface area (Å²) in [6.45, 7) is 6.98. The molecule has 1 aromatic rings. The molecule has 1 aliphatic carbocycles. The van der Waals surface area contributed by atoms with Crippen LogP contribution in [0.4, 0.5) is 0 Å².